The van der Waals surface area contributed by atoms with Gasteiger partial charge in [-0.2, -0.15) is 5.10 Å². The van der Waals surface area contributed by atoms with Crippen LogP contribution in [0.25, 0.3) is 6.08 Å². The highest BCUT2D eigenvalue weighted by atomic mass is 16.5. The Balaban J connectivity index is 1.75. The first-order valence-electron chi connectivity index (χ1n) is 7.72. The van der Waals surface area contributed by atoms with Gasteiger partial charge in [-0.25, -0.2) is 5.43 Å². The molecule has 6 heteroatoms. The molecule has 2 aromatic rings. The zero-order valence-corrected chi connectivity index (χ0v) is 14.2. The Bertz CT molecular complexity index is 740. The number of ether oxygens (including phenoxy) is 2. The third-order valence-corrected chi connectivity index (χ3v) is 3.31. The fourth-order valence-corrected chi connectivity index (χ4v) is 2.03. The van der Waals surface area contributed by atoms with E-state index in [4.69, 9.17) is 9.47 Å². The van der Waals surface area contributed by atoms with Gasteiger partial charge in [0.05, 0.1) is 20.8 Å². The fourth-order valence-electron chi connectivity index (χ4n) is 2.03. The predicted molar refractivity (Wildman–Crippen MR) is 100 cm³/mol. The highest BCUT2D eigenvalue weighted by Gasteiger charge is 1.99. The highest BCUT2D eigenvalue weighted by molar-refractivity contribution is 5.83. The second-order valence-electron chi connectivity index (χ2n) is 5.00. The number of carbonyl (C=O) groups excluding carboxylic acids is 1. The summed E-state index contributed by atoms with van der Waals surface area (Å²) in [4.78, 5) is 11.7. The molecule has 0 unspecified atom stereocenters. The number of para-hydroxylation sites is 1. The van der Waals surface area contributed by atoms with Gasteiger partial charge in [0.25, 0.3) is 5.91 Å². The highest BCUT2D eigenvalue weighted by Crippen LogP contribution is 2.18. The van der Waals surface area contributed by atoms with Gasteiger partial charge in [0, 0.05) is 17.5 Å². The lowest BCUT2D eigenvalue weighted by Gasteiger charge is -2.06. The lowest BCUT2D eigenvalue weighted by atomic mass is 10.2. The van der Waals surface area contributed by atoms with E-state index in [-0.39, 0.29) is 12.5 Å². The molecule has 0 atom stereocenters. The summed E-state index contributed by atoms with van der Waals surface area (Å²) in [5, 5.41) is 6.87. The molecule has 6 nitrogen and oxygen atoms in total. The summed E-state index contributed by atoms with van der Waals surface area (Å²) in [5.74, 6) is 1.30. The van der Waals surface area contributed by atoms with Gasteiger partial charge in [-0.1, -0.05) is 18.2 Å². The Morgan fingerprint density at radius 1 is 1.08 bits per heavy atom. The SMILES string of the molecule is COc1ccc(NCC(=O)N/N=C\C=C\c2ccccc2OC)cc1. The van der Waals surface area contributed by atoms with Crippen molar-refractivity contribution in [2.75, 3.05) is 26.1 Å². The Morgan fingerprint density at radius 2 is 1.84 bits per heavy atom. The number of anilines is 1. The zero-order valence-electron chi connectivity index (χ0n) is 14.2. The Kier molecular flexibility index (Phi) is 7.06. The van der Waals surface area contributed by atoms with Gasteiger partial charge >= 0.3 is 0 Å². The Labute approximate surface area is 147 Å². The van der Waals surface area contributed by atoms with E-state index in [2.05, 4.69) is 15.8 Å². The van der Waals surface area contributed by atoms with Crippen molar-refractivity contribution in [3.63, 3.8) is 0 Å². The van der Waals surface area contributed by atoms with Crippen LogP contribution >= 0.6 is 0 Å². The molecule has 0 aliphatic rings. The van der Waals surface area contributed by atoms with Crippen LogP contribution in [-0.4, -0.2) is 32.9 Å². The molecule has 0 aliphatic heterocycles. The molecule has 0 bridgehead atoms. The van der Waals surface area contributed by atoms with Crippen LogP contribution in [0.4, 0.5) is 5.69 Å². The van der Waals surface area contributed by atoms with Crippen molar-refractivity contribution in [2.45, 2.75) is 0 Å². The maximum absolute atomic E-state index is 11.7. The number of hydrogen-bond acceptors (Lipinski definition) is 5. The van der Waals surface area contributed by atoms with Crippen LogP contribution in [-0.2, 0) is 4.79 Å². The van der Waals surface area contributed by atoms with Crippen LogP contribution in [0.2, 0.25) is 0 Å². The largest absolute Gasteiger partial charge is 0.497 e. The number of allylic oxidation sites excluding steroid dienone is 1. The second-order valence-corrected chi connectivity index (χ2v) is 5.00. The molecule has 0 radical (unpaired) electrons. The Morgan fingerprint density at radius 3 is 2.56 bits per heavy atom. The lowest BCUT2D eigenvalue weighted by Crippen LogP contribution is -2.25. The first-order valence-corrected chi connectivity index (χ1v) is 7.72. The van der Waals surface area contributed by atoms with E-state index in [0.29, 0.717) is 0 Å². The average Bonchev–Trinajstić information content (AvgIpc) is 2.66. The van der Waals surface area contributed by atoms with Gasteiger partial charge in [-0.05, 0) is 42.5 Å². The van der Waals surface area contributed by atoms with Crippen LogP contribution in [0.1, 0.15) is 5.56 Å². The summed E-state index contributed by atoms with van der Waals surface area (Å²) in [5.41, 5.74) is 4.21. The number of hydrogen-bond donors (Lipinski definition) is 2. The number of methoxy groups -OCH3 is 2. The molecule has 1 amide bonds. The van der Waals surface area contributed by atoms with E-state index in [1.807, 2.05) is 54.6 Å². The maximum atomic E-state index is 11.7. The molecule has 0 fully saturated rings. The van der Waals surface area contributed by atoms with Gasteiger partial charge in [0.2, 0.25) is 0 Å². The number of rotatable bonds is 8. The third kappa shape index (κ3) is 6.02. The van der Waals surface area contributed by atoms with Crippen LogP contribution in [0.5, 0.6) is 11.5 Å². The minimum atomic E-state index is -0.238. The van der Waals surface area contributed by atoms with Crippen LogP contribution in [0.15, 0.2) is 59.7 Å². The molecule has 0 heterocycles. The predicted octanol–water partition coefficient (Wildman–Crippen LogP) is 2.93. The average molecular weight is 339 g/mol. The summed E-state index contributed by atoms with van der Waals surface area (Å²) in [6, 6.07) is 15.0. The number of nitrogens with one attached hydrogen (secondary N) is 2. The monoisotopic (exact) mass is 339 g/mol. The van der Waals surface area contributed by atoms with E-state index in [1.54, 1.807) is 20.3 Å². The Hall–Kier alpha value is -3.28. The molecule has 0 aromatic heterocycles. The van der Waals surface area contributed by atoms with Gasteiger partial charge < -0.3 is 14.8 Å². The summed E-state index contributed by atoms with van der Waals surface area (Å²) in [6.07, 6.45) is 5.09. The summed E-state index contributed by atoms with van der Waals surface area (Å²) < 4.78 is 10.3. The molecule has 0 saturated heterocycles. The number of carbonyl (C=O) groups is 1. The van der Waals surface area contributed by atoms with Gasteiger partial charge in [-0.15, -0.1) is 0 Å². The van der Waals surface area contributed by atoms with Crippen LogP contribution in [0.3, 0.4) is 0 Å². The van der Waals surface area contributed by atoms with E-state index in [9.17, 15) is 4.79 Å². The van der Waals surface area contributed by atoms with Crippen molar-refractivity contribution < 1.29 is 14.3 Å². The maximum Gasteiger partial charge on any atom is 0.259 e. The topological polar surface area (TPSA) is 72.0 Å². The first kappa shape index (κ1) is 18.1. The van der Waals surface area contributed by atoms with Crippen LogP contribution in [0, 0.1) is 0 Å². The van der Waals surface area contributed by atoms with Crippen molar-refractivity contribution in [1.29, 1.82) is 0 Å². The van der Waals surface area contributed by atoms with Gasteiger partial charge in [-0.3, -0.25) is 4.79 Å². The number of hydrazone groups is 1. The molecular formula is C19H21N3O3. The molecule has 2 aromatic carbocycles. The first-order chi connectivity index (χ1) is 12.2. The molecule has 0 spiro atoms. The van der Waals surface area contributed by atoms with Crippen molar-refractivity contribution in [3.8, 4) is 11.5 Å². The quantitative estimate of drug-likeness (QED) is 0.573. The summed E-state index contributed by atoms with van der Waals surface area (Å²) in [6.45, 7) is 0.125. The van der Waals surface area contributed by atoms with Crippen molar-refractivity contribution in [2.24, 2.45) is 5.10 Å². The third-order valence-electron chi connectivity index (χ3n) is 3.31. The van der Waals surface area contributed by atoms with Crippen LogP contribution < -0.4 is 20.2 Å². The fraction of sp³-hybridized carbons (Fsp3) is 0.158. The summed E-state index contributed by atoms with van der Waals surface area (Å²) >= 11 is 0. The molecular weight excluding hydrogens is 318 g/mol. The van der Waals surface area contributed by atoms with E-state index in [1.165, 1.54) is 6.21 Å². The minimum Gasteiger partial charge on any atom is -0.497 e. The van der Waals surface area contributed by atoms with E-state index < -0.39 is 0 Å². The van der Waals surface area contributed by atoms with Crippen molar-refractivity contribution in [3.05, 3.63) is 60.2 Å². The van der Waals surface area contributed by atoms with E-state index in [0.717, 1.165) is 22.7 Å². The summed E-state index contributed by atoms with van der Waals surface area (Å²) in [7, 11) is 3.23. The molecule has 2 rings (SSSR count). The number of nitrogens with zero attached hydrogens (tertiary/aromatic N) is 1. The zero-order chi connectivity index (χ0) is 17.9. The normalized spacial score (nSPS) is 10.8. The molecule has 25 heavy (non-hydrogen) atoms. The van der Waals surface area contributed by atoms with Gasteiger partial charge in [0.15, 0.2) is 0 Å². The van der Waals surface area contributed by atoms with E-state index >= 15 is 0 Å². The second kappa shape index (κ2) is 9.77. The molecule has 0 saturated carbocycles. The van der Waals surface area contributed by atoms with Crippen molar-refractivity contribution >= 4 is 23.9 Å². The number of benzene rings is 2. The minimum absolute atomic E-state index is 0.125. The van der Waals surface area contributed by atoms with Crippen molar-refractivity contribution in [1.82, 2.24) is 5.43 Å². The molecule has 0 aliphatic carbocycles. The lowest BCUT2D eigenvalue weighted by molar-refractivity contribution is -0.119. The van der Waals surface area contributed by atoms with Gasteiger partial charge in [0.1, 0.15) is 11.5 Å². The molecule has 2 N–H and O–H groups in total. The standard InChI is InChI=1S/C19H21N3O3/c1-24-17-11-9-16(10-12-17)20-14-19(23)22-21-13-5-7-15-6-3-4-8-18(15)25-2/h3-13,20H,14H2,1-2H3,(H,22,23)/b7-5+,21-13-. The smallest absolute Gasteiger partial charge is 0.259 e. The molecule has 130 valence electrons. The number of amides is 1.